The van der Waals surface area contributed by atoms with E-state index in [0.717, 1.165) is 36.8 Å². The molecule has 0 bridgehead atoms. The van der Waals surface area contributed by atoms with Crippen LogP contribution in [0.25, 0.3) is 0 Å². The van der Waals surface area contributed by atoms with E-state index in [2.05, 4.69) is 0 Å². The van der Waals surface area contributed by atoms with Crippen molar-refractivity contribution in [2.24, 2.45) is 5.73 Å². The SMILES string of the molecule is COC1=CC=C(C(N)=O)CC1(OC)c1ccc(C2(C(=O)N(C)C)CCCC2)cc1. The fourth-order valence-corrected chi connectivity index (χ4v) is 4.75. The molecule has 2 aliphatic carbocycles. The first-order valence-electron chi connectivity index (χ1n) is 9.94. The molecule has 0 saturated heterocycles. The second-order valence-electron chi connectivity index (χ2n) is 8.07. The first kappa shape index (κ1) is 21.1. The van der Waals surface area contributed by atoms with E-state index in [0.29, 0.717) is 17.8 Å². The normalized spacial score (nSPS) is 23.2. The predicted octanol–water partition coefficient (Wildman–Crippen LogP) is 2.77. The lowest BCUT2D eigenvalue weighted by molar-refractivity contribution is -0.134. The summed E-state index contributed by atoms with van der Waals surface area (Å²) in [6.07, 6.45) is 7.51. The molecule has 29 heavy (non-hydrogen) atoms. The molecule has 156 valence electrons. The molecule has 1 saturated carbocycles. The number of methoxy groups -OCH3 is 2. The first-order chi connectivity index (χ1) is 13.8. The van der Waals surface area contributed by atoms with E-state index in [4.69, 9.17) is 15.2 Å². The molecule has 1 aromatic rings. The number of primary amides is 1. The van der Waals surface area contributed by atoms with Gasteiger partial charge in [-0.2, -0.15) is 0 Å². The molecule has 6 heteroatoms. The van der Waals surface area contributed by atoms with E-state index >= 15 is 0 Å². The Bertz CT molecular complexity index is 848. The molecule has 0 aliphatic heterocycles. The number of allylic oxidation sites excluding steroid dienone is 2. The van der Waals surface area contributed by atoms with Crippen LogP contribution < -0.4 is 5.73 Å². The summed E-state index contributed by atoms with van der Waals surface area (Å²) in [5, 5.41) is 0. The maximum atomic E-state index is 13.0. The van der Waals surface area contributed by atoms with Crippen molar-refractivity contribution in [3.63, 3.8) is 0 Å². The molecular formula is C23H30N2O4. The van der Waals surface area contributed by atoms with Gasteiger partial charge < -0.3 is 20.1 Å². The highest BCUT2D eigenvalue weighted by Crippen LogP contribution is 2.45. The molecule has 2 amide bonds. The Kier molecular flexibility index (Phi) is 5.85. The van der Waals surface area contributed by atoms with Gasteiger partial charge in [0, 0.05) is 33.2 Å². The van der Waals surface area contributed by atoms with Crippen molar-refractivity contribution in [3.05, 3.63) is 58.9 Å². The average molecular weight is 399 g/mol. The summed E-state index contributed by atoms with van der Waals surface area (Å²) in [5.41, 5.74) is 6.48. The van der Waals surface area contributed by atoms with Gasteiger partial charge in [-0.3, -0.25) is 9.59 Å². The smallest absolute Gasteiger partial charge is 0.244 e. The molecule has 0 spiro atoms. The topological polar surface area (TPSA) is 81.9 Å². The highest BCUT2D eigenvalue weighted by molar-refractivity contribution is 5.93. The minimum absolute atomic E-state index is 0.151. The summed E-state index contributed by atoms with van der Waals surface area (Å²) in [5.74, 6) is 0.284. The lowest BCUT2D eigenvalue weighted by atomic mass is 9.75. The van der Waals surface area contributed by atoms with Crippen molar-refractivity contribution in [2.45, 2.75) is 43.1 Å². The number of hydrogen-bond acceptors (Lipinski definition) is 4. The number of rotatable bonds is 6. The van der Waals surface area contributed by atoms with Gasteiger partial charge in [0.25, 0.3) is 0 Å². The van der Waals surface area contributed by atoms with Crippen LogP contribution >= 0.6 is 0 Å². The summed E-state index contributed by atoms with van der Waals surface area (Å²) in [6.45, 7) is 0. The number of ether oxygens (including phenoxy) is 2. The number of carbonyl (C=O) groups is 2. The van der Waals surface area contributed by atoms with Crippen molar-refractivity contribution in [1.82, 2.24) is 4.90 Å². The number of amides is 2. The number of likely N-dealkylation sites (N-methyl/N-ethyl adjacent to an activating group) is 1. The minimum atomic E-state index is -0.930. The van der Waals surface area contributed by atoms with E-state index < -0.39 is 16.9 Å². The van der Waals surface area contributed by atoms with Gasteiger partial charge in [-0.25, -0.2) is 0 Å². The van der Waals surface area contributed by atoms with Crippen molar-refractivity contribution in [1.29, 1.82) is 0 Å². The van der Waals surface area contributed by atoms with Crippen LogP contribution in [0.15, 0.2) is 47.7 Å². The van der Waals surface area contributed by atoms with Crippen LogP contribution in [-0.4, -0.2) is 45.0 Å². The molecule has 0 aromatic heterocycles. The van der Waals surface area contributed by atoms with Crippen molar-refractivity contribution in [3.8, 4) is 0 Å². The zero-order valence-electron chi connectivity index (χ0n) is 17.7. The maximum Gasteiger partial charge on any atom is 0.244 e. The molecule has 1 unspecified atom stereocenters. The van der Waals surface area contributed by atoms with Gasteiger partial charge in [0.2, 0.25) is 11.8 Å². The summed E-state index contributed by atoms with van der Waals surface area (Å²) in [6, 6.07) is 7.97. The standard InChI is InChI=1S/C23H30N2O4/c1-25(2)21(27)22(13-5-6-14-22)17-8-10-18(11-9-17)23(29-4)15-16(20(24)26)7-12-19(23)28-3/h7-12H,5-6,13-15H2,1-4H3,(H2,24,26). The highest BCUT2D eigenvalue weighted by atomic mass is 16.5. The summed E-state index contributed by atoms with van der Waals surface area (Å²) in [7, 11) is 6.80. The van der Waals surface area contributed by atoms with Gasteiger partial charge in [0.05, 0.1) is 12.5 Å². The molecule has 1 fully saturated rings. The van der Waals surface area contributed by atoms with Crippen molar-refractivity contribution >= 4 is 11.8 Å². The number of hydrogen-bond donors (Lipinski definition) is 1. The summed E-state index contributed by atoms with van der Waals surface area (Å²) >= 11 is 0. The Morgan fingerprint density at radius 3 is 2.07 bits per heavy atom. The number of nitrogens with zero attached hydrogens (tertiary/aromatic N) is 1. The van der Waals surface area contributed by atoms with Gasteiger partial charge in [-0.1, -0.05) is 37.1 Å². The molecule has 0 radical (unpaired) electrons. The quantitative estimate of drug-likeness (QED) is 0.799. The Morgan fingerprint density at radius 1 is 1.00 bits per heavy atom. The lowest BCUT2D eigenvalue weighted by Crippen LogP contribution is -2.42. The van der Waals surface area contributed by atoms with E-state index in [-0.39, 0.29) is 5.91 Å². The summed E-state index contributed by atoms with van der Waals surface area (Å²) < 4.78 is 11.5. The Balaban J connectivity index is 2.02. The fraction of sp³-hybridized carbons (Fsp3) is 0.478. The fourth-order valence-electron chi connectivity index (χ4n) is 4.75. The minimum Gasteiger partial charge on any atom is -0.498 e. The monoisotopic (exact) mass is 398 g/mol. The van der Waals surface area contributed by atoms with Crippen LogP contribution in [0, 0.1) is 0 Å². The third kappa shape index (κ3) is 3.46. The number of benzene rings is 1. The van der Waals surface area contributed by atoms with E-state index in [1.807, 2.05) is 38.4 Å². The predicted molar refractivity (Wildman–Crippen MR) is 111 cm³/mol. The molecular weight excluding hydrogens is 368 g/mol. The second-order valence-corrected chi connectivity index (χ2v) is 8.07. The van der Waals surface area contributed by atoms with E-state index in [9.17, 15) is 9.59 Å². The van der Waals surface area contributed by atoms with Crippen LogP contribution in [0.4, 0.5) is 0 Å². The third-order valence-corrected chi connectivity index (χ3v) is 6.33. The molecule has 3 rings (SSSR count). The van der Waals surface area contributed by atoms with Gasteiger partial charge in [0.15, 0.2) is 5.60 Å². The van der Waals surface area contributed by atoms with Gasteiger partial charge in [-0.15, -0.1) is 0 Å². The van der Waals surface area contributed by atoms with Crippen LogP contribution in [0.2, 0.25) is 0 Å². The number of carbonyl (C=O) groups excluding carboxylic acids is 2. The maximum absolute atomic E-state index is 13.0. The molecule has 6 nitrogen and oxygen atoms in total. The molecule has 0 heterocycles. The van der Waals surface area contributed by atoms with Crippen molar-refractivity contribution < 1.29 is 19.1 Å². The zero-order chi connectivity index (χ0) is 21.2. The Labute approximate surface area is 172 Å². The first-order valence-corrected chi connectivity index (χ1v) is 9.94. The average Bonchev–Trinajstić information content (AvgIpc) is 3.23. The molecule has 2 aliphatic rings. The third-order valence-electron chi connectivity index (χ3n) is 6.33. The van der Waals surface area contributed by atoms with Crippen molar-refractivity contribution in [2.75, 3.05) is 28.3 Å². The largest absolute Gasteiger partial charge is 0.498 e. The highest BCUT2D eigenvalue weighted by Gasteiger charge is 2.45. The molecule has 1 atom stereocenters. The van der Waals surface area contributed by atoms with Crippen LogP contribution in [0.5, 0.6) is 0 Å². The van der Waals surface area contributed by atoms with Gasteiger partial charge >= 0.3 is 0 Å². The Hall–Kier alpha value is -2.60. The Morgan fingerprint density at radius 2 is 1.59 bits per heavy atom. The lowest BCUT2D eigenvalue weighted by Gasteiger charge is -2.37. The molecule has 2 N–H and O–H groups in total. The van der Waals surface area contributed by atoms with E-state index in [1.165, 1.54) is 0 Å². The van der Waals surface area contributed by atoms with E-state index in [1.54, 1.807) is 31.3 Å². The van der Waals surface area contributed by atoms with Crippen LogP contribution in [0.3, 0.4) is 0 Å². The summed E-state index contributed by atoms with van der Waals surface area (Å²) in [4.78, 5) is 26.5. The zero-order valence-corrected chi connectivity index (χ0v) is 17.7. The van der Waals surface area contributed by atoms with Crippen LogP contribution in [0.1, 0.15) is 43.2 Å². The molecule has 1 aromatic carbocycles. The second kappa shape index (κ2) is 8.03. The van der Waals surface area contributed by atoms with Crippen LogP contribution in [-0.2, 0) is 30.1 Å². The number of nitrogens with two attached hydrogens (primary N) is 1. The van der Waals surface area contributed by atoms with Gasteiger partial charge in [0.1, 0.15) is 5.76 Å². The van der Waals surface area contributed by atoms with Gasteiger partial charge in [-0.05, 0) is 36.1 Å².